The van der Waals surface area contributed by atoms with Crippen molar-refractivity contribution in [1.29, 1.82) is 0 Å². The van der Waals surface area contributed by atoms with Gasteiger partial charge in [-0.1, -0.05) is 13.3 Å². The van der Waals surface area contributed by atoms with Crippen LogP contribution in [0.2, 0.25) is 0 Å². The average Bonchev–Trinajstić information content (AvgIpc) is 3.34. The first-order valence-electron chi connectivity index (χ1n) is 11.5. The third-order valence-corrected chi connectivity index (χ3v) is 7.30. The van der Waals surface area contributed by atoms with E-state index in [0.29, 0.717) is 17.9 Å². The molecule has 0 aromatic carbocycles. The number of nitrogens with zero attached hydrogens (tertiary/aromatic N) is 7. The summed E-state index contributed by atoms with van der Waals surface area (Å²) in [6.07, 6.45) is 2.08. The number of halogens is 1. The molecule has 0 radical (unpaired) electrons. The van der Waals surface area contributed by atoms with Crippen molar-refractivity contribution >= 4 is 38.6 Å². The highest BCUT2D eigenvalue weighted by Crippen LogP contribution is 2.26. The molecule has 0 saturated heterocycles. The van der Waals surface area contributed by atoms with Gasteiger partial charge in [0.2, 0.25) is 0 Å². The number of fused-ring (bicyclic) bond motifs is 1. The van der Waals surface area contributed by atoms with E-state index in [4.69, 9.17) is 4.98 Å². The number of rotatable bonds is 7. The van der Waals surface area contributed by atoms with Crippen LogP contribution in [0.3, 0.4) is 0 Å². The summed E-state index contributed by atoms with van der Waals surface area (Å²) in [5, 5.41) is 17.8. The fraction of sp³-hybridized carbons (Fsp3) is 0.458. The Morgan fingerprint density at radius 3 is 2.24 bits per heavy atom. The molecule has 0 fully saturated rings. The summed E-state index contributed by atoms with van der Waals surface area (Å²) in [7, 11) is 0. The molecule has 0 unspecified atom stereocenters. The van der Waals surface area contributed by atoms with E-state index in [-0.39, 0.29) is 5.91 Å². The molecule has 1 N–H and O–H groups in total. The number of hydrogen-bond acceptors (Lipinski definition) is 5. The monoisotopic (exact) mass is 526 g/mol. The van der Waals surface area contributed by atoms with Gasteiger partial charge in [0.25, 0.3) is 5.91 Å². The number of pyridine rings is 1. The molecule has 9 nitrogen and oxygen atoms in total. The third-order valence-electron chi connectivity index (χ3n) is 6.15. The summed E-state index contributed by atoms with van der Waals surface area (Å²) >= 11 is 3.57. The minimum atomic E-state index is -0.187. The van der Waals surface area contributed by atoms with Crippen LogP contribution in [-0.2, 0) is 13.2 Å². The van der Waals surface area contributed by atoms with Crippen molar-refractivity contribution in [2.45, 2.75) is 74.5 Å². The number of hydrogen-bond donors (Lipinski definition) is 1. The third kappa shape index (κ3) is 4.26. The summed E-state index contributed by atoms with van der Waals surface area (Å²) in [5.41, 5.74) is 7.23. The number of anilines is 1. The van der Waals surface area contributed by atoms with Gasteiger partial charge in [-0.3, -0.25) is 4.79 Å². The summed E-state index contributed by atoms with van der Waals surface area (Å²) < 4.78 is 6.67. The van der Waals surface area contributed by atoms with Crippen molar-refractivity contribution in [2.75, 3.05) is 5.32 Å². The van der Waals surface area contributed by atoms with Crippen LogP contribution in [-0.4, -0.2) is 40.2 Å². The van der Waals surface area contributed by atoms with Gasteiger partial charge in [0.05, 0.1) is 49.6 Å². The maximum Gasteiger partial charge on any atom is 0.256 e. The highest BCUT2D eigenvalue weighted by atomic mass is 79.9. The molecule has 4 rings (SSSR count). The molecule has 180 valence electrons. The predicted octanol–water partition coefficient (Wildman–Crippen LogP) is 5.00. The Morgan fingerprint density at radius 1 is 0.941 bits per heavy atom. The predicted molar refractivity (Wildman–Crippen MR) is 136 cm³/mol. The number of aryl methyl sites for hydroxylation is 5. The van der Waals surface area contributed by atoms with Gasteiger partial charge in [-0.05, 0) is 70.0 Å². The maximum atomic E-state index is 13.5. The van der Waals surface area contributed by atoms with Gasteiger partial charge >= 0.3 is 0 Å². The Kier molecular flexibility index (Phi) is 6.62. The second-order valence-electron chi connectivity index (χ2n) is 8.80. The van der Waals surface area contributed by atoms with E-state index in [2.05, 4.69) is 43.5 Å². The second-order valence-corrected chi connectivity index (χ2v) is 9.59. The number of unbranched alkanes of at least 4 members (excludes halogenated alkanes) is 1. The average molecular weight is 527 g/mol. The topological polar surface area (TPSA) is 95.5 Å². The molecule has 0 spiro atoms. The van der Waals surface area contributed by atoms with Crippen molar-refractivity contribution < 1.29 is 4.79 Å². The van der Waals surface area contributed by atoms with Crippen LogP contribution >= 0.6 is 15.9 Å². The van der Waals surface area contributed by atoms with Gasteiger partial charge in [0.1, 0.15) is 6.67 Å². The van der Waals surface area contributed by atoms with Gasteiger partial charge in [0.15, 0.2) is 5.65 Å². The molecule has 10 heteroatoms. The van der Waals surface area contributed by atoms with Gasteiger partial charge in [-0.25, -0.2) is 19.0 Å². The summed E-state index contributed by atoms with van der Waals surface area (Å²) in [4.78, 5) is 18.2. The highest BCUT2D eigenvalue weighted by Gasteiger charge is 2.22. The Labute approximate surface area is 207 Å². The van der Waals surface area contributed by atoms with E-state index < -0.39 is 0 Å². The van der Waals surface area contributed by atoms with Crippen LogP contribution in [0.15, 0.2) is 10.5 Å². The number of nitrogens with one attached hydrogen (secondary N) is 1. The maximum absolute atomic E-state index is 13.5. The van der Waals surface area contributed by atoms with Crippen LogP contribution in [0.1, 0.15) is 64.3 Å². The lowest BCUT2D eigenvalue weighted by atomic mass is 10.1. The summed E-state index contributed by atoms with van der Waals surface area (Å²) in [6.45, 7) is 15.1. The van der Waals surface area contributed by atoms with Gasteiger partial charge in [-0.15, -0.1) is 0 Å². The Morgan fingerprint density at radius 2 is 1.59 bits per heavy atom. The molecular formula is C24H31BrN8O. The fourth-order valence-corrected chi connectivity index (χ4v) is 4.54. The lowest BCUT2D eigenvalue weighted by molar-refractivity contribution is 0.102. The first-order valence-corrected chi connectivity index (χ1v) is 12.3. The molecule has 0 aliphatic carbocycles. The van der Waals surface area contributed by atoms with Crippen LogP contribution in [0.4, 0.5) is 5.69 Å². The summed E-state index contributed by atoms with van der Waals surface area (Å²) in [5.74, 6) is -0.187. The molecule has 0 saturated carbocycles. The molecule has 4 aromatic rings. The van der Waals surface area contributed by atoms with Crippen LogP contribution < -0.4 is 5.32 Å². The van der Waals surface area contributed by atoms with E-state index >= 15 is 0 Å². The van der Waals surface area contributed by atoms with Crippen molar-refractivity contribution in [3.05, 3.63) is 50.3 Å². The van der Waals surface area contributed by atoms with Crippen molar-refractivity contribution in [2.24, 2.45) is 0 Å². The normalized spacial score (nSPS) is 11.5. The van der Waals surface area contributed by atoms with Gasteiger partial charge in [-0.2, -0.15) is 15.3 Å². The van der Waals surface area contributed by atoms with Gasteiger partial charge < -0.3 is 5.32 Å². The molecule has 0 atom stereocenters. The Balaban J connectivity index is 1.67. The first kappa shape index (κ1) is 24.1. The number of amides is 1. The standard InChI is InChI=1S/C24H31BrN8O/c1-8-9-10-31-23-20(14(3)28-31)19(11-13(2)26-23)24(34)27-22-16(5)30-33(18(22)7)12-32-17(6)21(25)15(4)29-32/h11H,8-10,12H2,1-7H3,(H,27,34). The Bertz CT molecular complexity index is 1390. The van der Waals surface area contributed by atoms with Crippen LogP contribution in [0, 0.1) is 41.5 Å². The van der Waals surface area contributed by atoms with E-state index in [1.165, 1.54) is 0 Å². The molecule has 0 aliphatic rings. The van der Waals surface area contributed by atoms with Gasteiger partial charge in [0, 0.05) is 12.2 Å². The highest BCUT2D eigenvalue weighted by molar-refractivity contribution is 9.10. The van der Waals surface area contributed by atoms with Crippen molar-refractivity contribution in [3.8, 4) is 0 Å². The molecule has 4 aromatic heterocycles. The van der Waals surface area contributed by atoms with Crippen molar-refractivity contribution in [1.82, 2.24) is 34.3 Å². The fourth-order valence-electron chi connectivity index (χ4n) is 4.26. The lowest BCUT2D eigenvalue weighted by Gasteiger charge is -2.10. The van der Waals surface area contributed by atoms with E-state index in [0.717, 1.165) is 69.1 Å². The zero-order chi connectivity index (χ0) is 24.7. The summed E-state index contributed by atoms with van der Waals surface area (Å²) in [6, 6.07) is 1.83. The lowest BCUT2D eigenvalue weighted by Crippen LogP contribution is -2.16. The molecule has 0 aliphatic heterocycles. The SMILES string of the molecule is CCCCn1nc(C)c2c(C(=O)Nc3c(C)nn(Cn4nc(C)c(Br)c4C)c3C)cc(C)nc21. The second kappa shape index (κ2) is 9.32. The minimum absolute atomic E-state index is 0.187. The first-order chi connectivity index (χ1) is 16.1. The largest absolute Gasteiger partial charge is 0.319 e. The number of carbonyl (C=O) groups excluding carboxylic acids is 1. The molecule has 1 amide bonds. The molecular weight excluding hydrogens is 496 g/mol. The quantitative estimate of drug-likeness (QED) is 0.365. The van der Waals surface area contributed by atoms with E-state index in [9.17, 15) is 4.79 Å². The van der Waals surface area contributed by atoms with E-state index in [1.807, 2.05) is 61.7 Å². The molecule has 0 bridgehead atoms. The zero-order valence-corrected chi connectivity index (χ0v) is 22.4. The van der Waals surface area contributed by atoms with E-state index in [1.54, 1.807) is 0 Å². The minimum Gasteiger partial charge on any atom is -0.319 e. The molecule has 4 heterocycles. The molecule has 34 heavy (non-hydrogen) atoms. The number of carbonyl (C=O) groups is 1. The number of aromatic nitrogens is 7. The van der Waals surface area contributed by atoms with Crippen LogP contribution in [0.5, 0.6) is 0 Å². The Hall–Kier alpha value is -3.01. The smallest absolute Gasteiger partial charge is 0.256 e. The zero-order valence-electron chi connectivity index (χ0n) is 20.8. The van der Waals surface area contributed by atoms with Crippen LogP contribution in [0.25, 0.3) is 11.0 Å². The van der Waals surface area contributed by atoms with Crippen molar-refractivity contribution in [3.63, 3.8) is 0 Å².